The summed E-state index contributed by atoms with van der Waals surface area (Å²) < 4.78 is 0. The molecule has 5 nitrogen and oxygen atoms in total. The van der Waals surface area contributed by atoms with E-state index >= 15 is 0 Å². The van der Waals surface area contributed by atoms with Gasteiger partial charge < -0.3 is 0 Å². The molecule has 2 amide bonds. The third-order valence-corrected chi connectivity index (χ3v) is 3.92. The molecule has 1 aromatic rings. The molecule has 7 heteroatoms. The average Bonchev–Trinajstić information content (AvgIpc) is 2.68. The molecule has 1 aliphatic rings. The Hall–Kier alpha value is -2.08. The summed E-state index contributed by atoms with van der Waals surface area (Å²) in [7, 11) is 0. The van der Waals surface area contributed by atoms with Crippen LogP contribution < -0.4 is 0 Å². The summed E-state index contributed by atoms with van der Waals surface area (Å²) in [6.45, 7) is -0.0419. The second-order valence-corrected chi connectivity index (χ2v) is 5.37. The molecule has 106 valence electrons. The van der Waals surface area contributed by atoms with Crippen LogP contribution in [0.5, 0.6) is 0 Å². The fraction of sp³-hybridized carbons (Fsp3) is 0.286. The van der Waals surface area contributed by atoms with E-state index < -0.39 is 17.7 Å². The lowest BCUT2D eigenvalue weighted by atomic mass is 10.1. The number of halogens is 2. The molecule has 1 aliphatic heterocycles. The van der Waals surface area contributed by atoms with Crippen LogP contribution in [0.3, 0.4) is 0 Å². The molecule has 2 rings (SSSR count). The highest BCUT2D eigenvalue weighted by Gasteiger charge is 2.37. The van der Waals surface area contributed by atoms with Crippen molar-refractivity contribution in [3.8, 4) is 12.1 Å². The van der Waals surface area contributed by atoms with E-state index in [0.717, 1.165) is 4.90 Å². The van der Waals surface area contributed by atoms with Gasteiger partial charge in [-0.15, -0.1) is 0 Å². The van der Waals surface area contributed by atoms with E-state index in [1.54, 1.807) is 0 Å². The number of imide groups is 1. The van der Waals surface area contributed by atoms with Gasteiger partial charge in [0, 0.05) is 13.0 Å². The third-order valence-electron chi connectivity index (χ3n) is 3.20. The zero-order chi connectivity index (χ0) is 15.6. The van der Waals surface area contributed by atoms with E-state index in [9.17, 15) is 9.59 Å². The van der Waals surface area contributed by atoms with Gasteiger partial charge in [-0.1, -0.05) is 23.2 Å². The van der Waals surface area contributed by atoms with Crippen molar-refractivity contribution in [1.82, 2.24) is 4.90 Å². The van der Waals surface area contributed by atoms with Crippen LogP contribution in [-0.2, 0) is 0 Å². The van der Waals surface area contributed by atoms with E-state index in [0.29, 0.717) is 6.42 Å². The van der Waals surface area contributed by atoms with Crippen LogP contribution in [0, 0.1) is 28.6 Å². The number of carbonyl (C=O) groups is 2. The Morgan fingerprint density at radius 3 is 2.05 bits per heavy atom. The SMILES string of the molecule is N#CCC[C@@H](C#N)CN1C(=O)c2cc(Cl)c(Cl)cc2C1=O. The van der Waals surface area contributed by atoms with Crippen LogP contribution in [0.15, 0.2) is 12.1 Å². The molecule has 1 aromatic carbocycles. The van der Waals surface area contributed by atoms with Gasteiger partial charge in [0.15, 0.2) is 0 Å². The Bertz CT molecular complexity index is 662. The zero-order valence-corrected chi connectivity index (χ0v) is 12.3. The number of carbonyl (C=O) groups excluding carboxylic acids is 2. The maximum absolute atomic E-state index is 12.2. The Morgan fingerprint density at radius 2 is 1.62 bits per heavy atom. The summed E-state index contributed by atoms with van der Waals surface area (Å²) in [5.41, 5.74) is 0.373. The van der Waals surface area contributed by atoms with Crippen LogP contribution >= 0.6 is 23.2 Å². The van der Waals surface area contributed by atoms with Crippen LogP contribution in [0.1, 0.15) is 33.6 Å². The molecule has 0 fully saturated rings. The molecule has 0 unspecified atom stereocenters. The van der Waals surface area contributed by atoms with E-state index in [4.69, 9.17) is 33.7 Å². The first-order valence-corrected chi connectivity index (χ1v) is 6.87. The van der Waals surface area contributed by atoms with Gasteiger partial charge in [-0.3, -0.25) is 14.5 Å². The highest BCUT2D eigenvalue weighted by Crippen LogP contribution is 2.32. The van der Waals surface area contributed by atoms with Gasteiger partial charge in [0.25, 0.3) is 11.8 Å². The van der Waals surface area contributed by atoms with Gasteiger partial charge in [-0.2, -0.15) is 10.5 Å². The highest BCUT2D eigenvalue weighted by atomic mass is 35.5. The van der Waals surface area contributed by atoms with Gasteiger partial charge >= 0.3 is 0 Å². The predicted octanol–water partition coefficient (Wildman–Crippen LogP) is 3.03. The lowest BCUT2D eigenvalue weighted by Crippen LogP contribution is -2.34. The van der Waals surface area contributed by atoms with Gasteiger partial charge in [0.05, 0.1) is 39.2 Å². The van der Waals surface area contributed by atoms with Gasteiger partial charge in [0.2, 0.25) is 0 Å². The topological polar surface area (TPSA) is 85.0 Å². The minimum atomic E-state index is -0.571. The van der Waals surface area contributed by atoms with Gasteiger partial charge in [-0.05, 0) is 18.6 Å². The summed E-state index contributed by atoms with van der Waals surface area (Å²) in [4.78, 5) is 25.5. The van der Waals surface area contributed by atoms with Crippen molar-refractivity contribution >= 4 is 35.0 Å². The molecule has 0 bridgehead atoms. The first-order chi connectivity index (χ1) is 9.99. The number of nitrogens with zero attached hydrogens (tertiary/aromatic N) is 3. The van der Waals surface area contributed by atoms with Crippen molar-refractivity contribution in [1.29, 1.82) is 10.5 Å². The molecular weight excluding hydrogens is 313 g/mol. The number of fused-ring (bicyclic) bond motifs is 1. The van der Waals surface area contributed by atoms with Crippen LogP contribution in [-0.4, -0.2) is 23.3 Å². The maximum Gasteiger partial charge on any atom is 0.261 e. The van der Waals surface area contributed by atoms with Gasteiger partial charge in [0.1, 0.15) is 0 Å². The predicted molar refractivity (Wildman–Crippen MR) is 75.8 cm³/mol. The Balaban J connectivity index is 2.26. The summed E-state index contributed by atoms with van der Waals surface area (Å²) >= 11 is 11.7. The third kappa shape index (κ3) is 2.85. The Morgan fingerprint density at radius 1 is 1.10 bits per heavy atom. The number of amides is 2. The van der Waals surface area contributed by atoms with E-state index in [1.807, 2.05) is 12.1 Å². The molecule has 0 spiro atoms. The number of rotatable bonds is 4. The monoisotopic (exact) mass is 321 g/mol. The smallest absolute Gasteiger partial charge is 0.261 e. The van der Waals surface area contributed by atoms with E-state index in [1.165, 1.54) is 12.1 Å². The number of benzene rings is 1. The van der Waals surface area contributed by atoms with Crippen molar-refractivity contribution < 1.29 is 9.59 Å². The highest BCUT2D eigenvalue weighted by molar-refractivity contribution is 6.43. The fourth-order valence-electron chi connectivity index (χ4n) is 2.11. The molecule has 0 N–H and O–H groups in total. The van der Waals surface area contributed by atoms with Crippen LogP contribution in [0.2, 0.25) is 10.0 Å². The van der Waals surface area contributed by atoms with Gasteiger partial charge in [-0.25, -0.2) is 0 Å². The van der Waals surface area contributed by atoms with Crippen LogP contribution in [0.4, 0.5) is 0 Å². The summed E-state index contributed by atoms with van der Waals surface area (Å²) in [5, 5.41) is 18.0. The number of nitriles is 2. The molecule has 0 saturated carbocycles. The molecule has 0 saturated heterocycles. The van der Waals surface area contributed by atoms with Crippen molar-refractivity contribution in [2.75, 3.05) is 6.54 Å². The lowest BCUT2D eigenvalue weighted by molar-refractivity contribution is 0.0638. The molecule has 1 atom stereocenters. The first-order valence-electron chi connectivity index (χ1n) is 6.11. The van der Waals surface area contributed by atoms with E-state index in [2.05, 4.69) is 0 Å². The fourth-order valence-corrected chi connectivity index (χ4v) is 2.43. The Labute approximate surface area is 131 Å². The molecule has 1 heterocycles. The lowest BCUT2D eigenvalue weighted by Gasteiger charge is -2.16. The number of hydrogen-bond donors (Lipinski definition) is 0. The molecule has 21 heavy (non-hydrogen) atoms. The maximum atomic E-state index is 12.2. The van der Waals surface area contributed by atoms with Crippen molar-refractivity contribution in [2.24, 2.45) is 5.92 Å². The number of hydrogen-bond acceptors (Lipinski definition) is 4. The summed E-state index contributed by atoms with van der Waals surface area (Å²) in [5.74, 6) is -1.56. The quantitative estimate of drug-likeness (QED) is 0.798. The average molecular weight is 322 g/mol. The molecule has 0 aliphatic carbocycles. The summed E-state index contributed by atoms with van der Waals surface area (Å²) in [6.07, 6.45) is 0.501. The largest absolute Gasteiger partial charge is 0.273 e. The molecule has 0 aromatic heterocycles. The van der Waals surface area contributed by atoms with Crippen molar-refractivity contribution in [3.63, 3.8) is 0 Å². The van der Waals surface area contributed by atoms with E-state index in [-0.39, 0.29) is 34.1 Å². The standard InChI is InChI=1S/C14H9Cl2N3O2/c15-11-4-9-10(5-12(11)16)14(21)19(13(9)20)7-8(6-18)2-1-3-17/h4-5,8H,1-2,7H2/t8-/m0/s1. The summed E-state index contributed by atoms with van der Waals surface area (Å²) in [6, 6.07) is 6.66. The zero-order valence-electron chi connectivity index (χ0n) is 10.8. The minimum Gasteiger partial charge on any atom is -0.273 e. The molecule has 0 radical (unpaired) electrons. The first kappa shape index (κ1) is 15.3. The van der Waals surface area contributed by atoms with Crippen molar-refractivity contribution in [2.45, 2.75) is 12.8 Å². The normalized spacial score (nSPS) is 14.6. The van der Waals surface area contributed by atoms with Crippen molar-refractivity contribution in [3.05, 3.63) is 33.3 Å². The Kier molecular flexibility index (Phi) is 4.47. The minimum absolute atomic E-state index is 0.0419. The second kappa shape index (κ2) is 6.13. The molecular formula is C14H9Cl2N3O2. The van der Waals surface area contributed by atoms with Crippen LogP contribution in [0.25, 0.3) is 0 Å². The second-order valence-electron chi connectivity index (χ2n) is 4.56.